The zero-order valence-electron chi connectivity index (χ0n) is 9.69. The molecule has 1 aliphatic rings. The molecule has 1 unspecified atom stereocenters. The van der Waals surface area contributed by atoms with Crippen LogP contribution < -0.4 is 9.47 Å². The Kier molecular flexibility index (Phi) is 3.86. The summed E-state index contributed by atoms with van der Waals surface area (Å²) in [5, 5.41) is 0. The molecule has 2 nitrogen and oxygen atoms in total. The molecule has 0 aromatic heterocycles. The van der Waals surface area contributed by atoms with E-state index in [-0.39, 0.29) is 6.10 Å². The minimum Gasteiger partial charge on any atom is -0.486 e. The molecule has 1 aromatic rings. The van der Waals surface area contributed by atoms with Crippen molar-refractivity contribution in [2.75, 3.05) is 6.61 Å². The van der Waals surface area contributed by atoms with Crippen LogP contribution >= 0.6 is 0 Å². The van der Waals surface area contributed by atoms with Gasteiger partial charge in [0, 0.05) is 0 Å². The summed E-state index contributed by atoms with van der Waals surface area (Å²) in [6.45, 7) is 2.81. The summed E-state index contributed by atoms with van der Waals surface area (Å²) in [7, 11) is 0. The molecule has 1 atom stereocenters. The van der Waals surface area contributed by atoms with Crippen LogP contribution in [0.2, 0.25) is 0 Å². The van der Waals surface area contributed by atoms with E-state index in [1.807, 2.05) is 24.3 Å². The van der Waals surface area contributed by atoms with Crippen LogP contribution in [0.1, 0.15) is 26.2 Å². The van der Waals surface area contributed by atoms with Crippen LogP contribution in [0.15, 0.2) is 36.4 Å². The lowest BCUT2D eigenvalue weighted by Crippen LogP contribution is -2.28. The standard InChI is InChI=1S/C14H18O2/c1-2-3-4-5-8-12-11-15-13-9-6-7-10-14(13)16-12/h3-4,6-7,9-10,12H,2,5,8,11H2,1H3/b4-3+. The first-order valence-electron chi connectivity index (χ1n) is 5.93. The first kappa shape index (κ1) is 11.1. The highest BCUT2D eigenvalue weighted by molar-refractivity contribution is 5.40. The maximum absolute atomic E-state index is 5.85. The van der Waals surface area contributed by atoms with E-state index in [1.54, 1.807) is 0 Å². The van der Waals surface area contributed by atoms with Gasteiger partial charge in [0.05, 0.1) is 0 Å². The third-order valence-corrected chi connectivity index (χ3v) is 2.63. The van der Waals surface area contributed by atoms with Crippen LogP contribution in [0.5, 0.6) is 11.5 Å². The minimum absolute atomic E-state index is 0.191. The van der Waals surface area contributed by atoms with Gasteiger partial charge in [-0.05, 0) is 31.4 Å². The molecule has 0 spiro atoms. The third-order valence-electron chi connectivity index (χ3n) is 2.63. The van der Waals surface area contributed by atoms with E-state index in [0.29, 0.717) is 6.61 Å². The second-order valence-corrected chi connectivity index (χ2v) is 3.95. The zero-order chi connectivity index (χ0) is 11.2. The van der Waals surface area contributed by atoms with Crippen molar-refractivity contribution in [1.82, 2.24) is 0 Å². The van der Waals surface area contributed by atoms with Gasteiger partial charge in [-0.25, -0.2) is 0 Å². The SMILES string of the molecule is CC/C=C/CCC1COc2ccccc2O1. The molecule has 0 fully saturated rings. The van der Waals surface area contributed by atoms with E-state index in [4.69, 9.17) is 9.47 Å². The molecule has 0 bridgehead atoms. The topological polar surface area (TPSA) is 18.5 Å². The van der Waals surface area contributed by atoms with E-state index >= 15 is 0 Å². The van der Waals surface area contributed by atoms with Crippen molar-refractivity contribution in [2.24, 2.45) is 0 Å². The minimum atomic E-state index is 0.191. The molecular formula is C14H18O2. The molecule has 0 saturated heterocycles. The van der Waals surface area contributed by atoms with Gasteiger partial charge >= 0.3 is 0 Å². The van der Waals surface area contributed by atoms with Crippen molar-refractivity contribution in [2.45, 2.75) is 32.3 Å². The highest BCUT2D eigenvalue weighted by Crippen LogP contribution is 2.31. The molecule has 0 radical (unpaired) electrons. The van der Waals surface area contributed by atoms with Crippen molar-refractivity contribution in [3.8, 4) is 11.5 Å². The Labute approximate surface area is 96.9 Å². The summed E-state index contributed by atoms with van der Waals surface area (Å²) in [5.41, 5.74) is 0. The number of para-hydroxylation sites is 2. The van der Waals surface area contributed by atoms with Gasteiger partial charge < -0.3 is 9.47 Å². The Morgan fingerprint density at radius 1 is 1.25 bits per heavy atom. The summed E-state index contributed by atoms with van der Waals surface area (Å²) >= 11 is 0. The van der Waals surface area contributed by atoms with Crippen molar-refractivity contribution in [1.29, 1.82) is 0 Å². The molecule has 2 heteroatoms. The molecule has 1 aliphatic heterocycles. The summed E-state index contributed by atoms with van der Waals surface area (Å²) in [5.74, 6) is 1.74. The quantitative estimate of drug-likeness (QED) is 0.719. The van der Waals surface area contributed by atoms with Gasteiger partial charge in [-0.2, -0.15) is 0 Å². The number of allylic oxidation sites excluding steroid dienone is 2. The lowest BCUT2D eigenvalue weighted by Gasteiger charge is -2.26. The Balaban J connectivity index is 1.86. The van der Waals surface area contributed by atoms with Crippen LogP contribution in [0.3, 0.4) is 0 Å². The van der Waals surface area contributed by atoms with Crippen molar-refractivity contribution in [3.63, 3.8) is 0 Å². The fraction of sp³-hybridized carbons (Fsp3) is 0.429. The Morgan fingerprint density at radius 3 is 2.88 bits per heavy atom. The maximum atomic E-state index is 5.85. The Morgan fingerprint density at radius 2 is 2.06 bits per heavy atom. The van der Waals surface area contributed by atoms with Gasteiger partial charge in [-0.3, -0.25) is 0 Å². The molecule has 0 amide bonds. The number of hydrogen-bond acceptors (Lipinski definition) is 2. The van der Waals surface area contributed by atoms with E-state index in [1.165, 1.54) is 0 Å². The molecular weight excluding hydrogens is 200 g/mol. The average molecular weight is 218 g/mol. The summed E-state index contributed by atoms with van der Waals surface area (Å²) in [4.78, 5) is 0. The fourth-order valence-corrected chi connectivity index (χ4v) is 1.77. The predicted molar refractivity (Wildman–Crippen MR) is 65.0 cm³/mol. The number of hydrogen-bond donors (Lipinski definition) is 0. The highest BCUT2D eigenvalue weighted by atomic mass is 16.6. The van der Waals surface area contributed by atoms with Gasteiger partial charge in [0.2, 0.25) is 0 Å². The lowest BCUT2D eigenvalue weighted by molar-refractivity contribution is 0.0856. The maximum Gasteiger partial charge on any atom is 0.161 e. The Bertz CT molecular complexity index is 358. The van der Waals surface area contributed by atoms with Gasteiger partial charge in [0.25, 0.3) is 0 Å². The van der Waals surface area contributed by atoms with Crippen molar-refractivity contribution >= 4 is 0 Å². The zero-order valence-corrected chi connectivity index (χ0v) is 9.69. The smallest absolute Gasteiger partial charge is 0.161 e. The van der Waals surface area contributed by atoms with Crippen LogP contribution in [-0.2, 0) is 0 Å². The molecule has 1 aromatic carbocycles. The largest absolute Gasteiger partial charge is 0.486 e. The second kappa shape index (κ2) is 5.59. The van der Waals surface area contributed by atoms with Crippen LogP contribution in [0, 0.1) is 0 Å². The third kappa shape index (κ3) is 2.78. The monoisotopic (exact) mass is 218 g/mol. The van der Waals surface area contributed by atoms with Crippen LogP contribution in [0.4, 0.5) is 0 Å². The number of fused-ring (bicyclic) bond motifs is 1. The van der Waals surface area contributed by atoms with E-state index in [0.717, 1.165) is 30.8 Å². The fourth-order valence-electron chi connectivity index (χ4n) is 1.77. The molecule has 86 valence electrons. The molecule has 0 saturated carbocycles. The predicted octanol–water partition coefficient (Wildman–Crippen LogP) is 3.57. The van der Waals surface area contributed by atoms with Crippen molar-refractivity contribution < 1.29 is 9.47 Å². The van der Waals surface area contributed by atoms with Gasteiger partial charge in [-0.15, -0.1) is 0 Å². The molecule has 1 heterocycles. The van der Waals surface area contributed by atoms with Crippen LogP contribution in [0.25, 0.3) is 0 Å². The molecule has 0 aliphatic carbocycles. The summed E-state index contributed by atoms with van der Waals surface area (Å²) < 4.78 is 11.5. The normalized spacial score (nSPS) is 18.9. The number of rotatable bonds is 4. The van der Waals surface area contributed by atoms with E-state index in [2.05, 4.69) is 19.1 Å². The second-order valence-electron chi connectivity index (χ2n) is 3.95. The van der Waals surface area contributed by atoms with E-state index in [9.17, 15) is 0 Å². The van der Waals surface area contributed by atoms with Gasteiger partial charge in [0.1, 0.15) is 12.7 Å². The van der Waals surface area contributed by atoms with Crippen molar-refractivity contribution in [3.05, 3.63) is 36.4 Å². The van der Waals surface area contributed by atoms with Crippen LogP contribution in [-0.4, -0.2) is 12.7 Å². The number of ether oxygens (including phenoxy) is 2. The Hall–Kier alpha value is -1.44. The summed E-state index contributed by atoms with van der Waals surface area (Å²) in [6.07, 6.45) is 7.78. The first-order valence-corrected chi connectivity index (χ1v) is 5.93. The summed E-state index contributed by atoms with van der Waals surface area (Å²) in [6, 6.07) is 7.85. The van der Waals surface area contributed by atoms with Gasteiger partial charge in [-0.1, -0.05) is 31.2 Å². The van der Waals surface area contributed by atoms with E-state index < -0.39 is 0 Å². The first-order chi connectivity index (χ1) is 7.90. The van der Waals surface area contributed by atoms with Gasteiger partial charge in [0.15, 0.2) is 11.5 Å². The highest BCUT2D eigenvalue weighted by Gasteiger charge is 2.19. The molecule has 2 rings (SSSR count). The lowest BCUT2D eigenvalue weighted by atomic mass is 10.1. The molecule has 0 N–H and O–H groups in total. The number of benzene rings is 1. The molecule has 16 heavy (non-hydrogen) atoms. The average Bonchev–Trinajstić information content (AvgIpc) is 2.34.